The zero-order valence-electron chi connectivity index (χ0n) is 12.6. The molecule has 0 saturated heterocycles. The van der Waals surface area contributed by atoms with Gasteiger partial charge in [0.15, 0.2) is 0 Å². The van der Waals surface area contributed by atoms with Crippen LogP contribution in [0.2, 0.25) is 0 Å². The van der Waals surface area contributed by atoms with Gasteiger partial charge in [-0.05, 0) is 62.5 Å². The highest BCUT2D eigenvalue weighted by molar-refractivity contribution is 5.14. The van der Waals surface area contributed by atoms with Crippen molar-refractivity contribution in [2.24, 2.45) is 5.41 Å². The Kier molecular flexibility index (Phi) is 5.45. The topological polar surface area (TPSA) is 12.0 Å². The van der Waals surface area contributed by atoms with Crippen LogP contribution in [0.1, 0.15) is 57.9 Å². The van der Waals surface area contributed by atoms with Crippen molar-refractivity contribution >= 4 is 0 Å². The monoisotopic (exact) mass is 259 g/mol. The molecule has 106 valence electrons. The molecular formula is C18H29N. The van der Waals surface area contributed by atoms with Gasteiger partial charge in [-0.15, -0.1) is 0 Å². The van der Waals surface area contributed by atoms with Gasteiger partial charge in [0.1, 0.15) is 0 Å². The molecule has 1 N–H and O–H groups in total. The largest absolute Gasteiger partial charge is 0.314 e. The number of unbranched alkanes of at least 4 members (excludes halogenated alkanes) is 1. The molecule has 1 aliphatic rings. The predicted octanol–water partition coefficient (Wildman–Crippen LogP) is 4.57. The van der Waals surface area contributed by atoms with Crippen LogP contribution in [0.4, 0.5) is 0 Å². The zero-order chi connectivity index (χ0) is 13.6. The summed E-state index contributed by atoms with van der Waals surface area (Å²) in [5.74, 6) is 0. The third-order valence-corrected chi connectivity index (χ3v) is 4.51. The summed E-state index contributed by atoms with van der Waals surface area (Å²) in [6, 6.07) is 11.6. The van der Waals surface area contributed by atoms with Crippen molar-refractivity contribution in [3.63, 3.8) is 0 Å². The van der Waals surface area contributed by atoms with Gasteiger partial charge in [-0.3, -0.25) is 0 Å². The second-order valence-corrected chi connectivity index (χ2v) is 6.84. The van der Waals surface area contributed by atoms with Crippen molar-refractivity contribution in [1.29, 1.82) is 0 Å². The first-order valence-corrected chi connectivity index (χ1v) is 7.93. The van der Waals surface area contributed by atoms with E-state index in [-0.39, 0.29) is 0 Å². The maximum atomic E-state index is 3.75. The highest BCUT2D eigenvalue weighted by atomic mass is 14.9. The van der Waals surface area contributed by atoms with Crippen molar-refractivity contribution in [3.8, 4) is 0 Å². The molecule has 0 amide bonds. The lowest BCUT2D eigenvalue weighted by atomic mass is 9.75. The second kappa shape index (κ2) is 7.09. The van der Waals surface area contributed by atoms with Crippen LogP contribution in [-0.2, 0) is 6.42 Å². The molecule has 1 fully saturated rings. The summed E-state index contributed by atoms with van der Waals surface area (Å²) < 4.78 is 0. The van der Waals surface area contributed by atoms with Crippen LogP contribution in [0.25, 0.3) is 0 Å². The molecule has 0 bridgehead atoms. The molecule has 19 heavy (non-hydrogen) atoms. The van der Waals surface area contributed by atoms with Crippen molar-refractivity contribution in [2.45, 2.75) is 64.8 Å². The average Bonchev–Trinajstić information content (AvgIpc) is 2.41. The van der Waals surface area contributed by atoms with Gasteiger partial charge in [-0.1, -0.05) is 44.2 Å². The minimum absolute atomic E-state index is 0.589. The van der Waals surface area contributed by atoms with Crippen LogP contribution in [0.5, 0.6) is 0 Å². The normalized spacial score (nSPS) is 19.5. The number of nitrogens with one attached hydrogen (secondary N) is 1. The van der Waals surface area contributed by atoms with E-state index >= 15 is 0 Å². The summed E-state index contributed by atoms with van der Waals surface area (Å²) in [7, 11) is 0. The van der Waals surface area contributed by atoms with Crippen LogP contribution in [0, 0.1) is 5.41 Å². The summed E-state index contributed by atoms with van der Waals surface area (Å²) >= 11 is 0. The Hall–Kier alpha value is -0.820. The van der Waals surface area contributed by atoms with Gasteiger partial charge in [-0.2, -0.15) is 0 Å². The number of rotatable bonds is 6. The Morgan fingerprint density at radius 2 is 1.74 bits per heavy atom. The highest BCUT2D eigenvalue weighted by Crippen LogP contribution is 2.34. The van der Waals surface area contributed by atoms with Crippen LogP contribution >= 0.6 is 0 Å². The third kappa shape index (κ3) is 5.36. The lowest BCUT2D eigenvalue weighted by Crippen LogP contribution is -2.36. The summed E-state index contributed by atoms with van der Waals surface area (Å²) in [6.45, 7) is 6.00. The minimum atomic E-state index is 0.589. The van der Waals surface area contributed by atoms with E-state index in [1.807, 2.05) is 0 Å². The molecule has 0 aromatic heterocycles. The maximum absolute atomic E-state index is 3.75. The van der Waals surface area contributed by atoms with E-state index < -0.39 is 0 Å². The van der Waals surface area contributed by atoms with Gasteiger partial charge in [0.2, 0.25) is 0 Å². The average molecular weight is 259 g/mol. The van der Waals surface area contributed by atoms with E-state index in [1.54, 1.807) is 0 Å². The maximum Gasteiger partial charge on any atom is 0.00674 e. The smallest absolute Gasteiger partial charge is 0.00674 e. The van der Waals surface area contributed by atoms with Gasteiger partial charge in [0, 0.05) is 6.04 Å². The lowest BCUT2D eigenvalue weighted by Gasteiger charge is -2.34. The Bertz CT molecular complexity index is 345. The molecule has 1 heteroatoms. The van der Waals surface area contributed by atoms with Gasteiger partial charge in [0.25, 0.3) is 0 Å². The van der Waals surface area contributed by atoms with Gasteiger partial charge < -0.3 is 5.32 Å². The van der Waals surface area contributed by atoms with Crippen molar-refractivity contribution in [3.05, 3.63) is 35.9 Å². The fourth-order valence-corrected chi connectivity index (χ4v) is 3.01. The Morgan fingerprint density at radius 1 is 1.05 bits per heavy atom. The quantitative estimate of drug-likeness (QED) is 0.738. The number of hydrogen-bond donors (Lipinski definition) is 1. The van der Waals surface area contributed by atoms with E-state index in [0.29, 0.717) is 5.41 Å². The fraction of sp³-hybridized carbons (Fsp3) is 0.667. The molecule has 0 spiro atoms. The lowest BCUT2D eigenvalue weighted by molar-refractivity contribution is 0.206. The van der Waals surface area contributed by atoms with E-state index in [1.165, 1.54) is 57.1 Å². The van der Waals surface area contributed by atoms with E-state index in [2.05, 4.69) is 49.5 Å². The summed E-state index contributed by atoms with van der Waals surface area (Å²) in [4.78, 5) is 0. The zero-order valence-corrected chi connectivity index (χ0v) is 12.6. The molecule has 1 saturated carbocycles. The van der Waals surface area contributed by atoms with Crippen molar-refractivity contribution in [2.75, 3.05) is 6.54 Å². The van der Waals surface area contributed by atoms with Crippen LogP contribution in [-0.4, -0.2) is 12.6 Å². The predicted molar refractivity (Wildman–Crippen MR) is 83.4 cm³/mol. The van der Waals surface area contributed by atoms with Crippen LogP contribution in [0.15, 0.2) is 30.3 Å². The molecule has 0 heterocycles. The summed E-state index contributed by atoms with van der Waals surface area (Å²) in [6.07, 6.45) is 9.32. The molecule has 2 rings (SSSR count). The third-order valence-electron chi connectivity index (χ3n) is 4.51. The minimum Gasteiger partial charge on any atom is -0.314 e. The van der Waals surface area contributed by atoms with Crippen molar-refractivity contribution < 1.29 is 0 Å². The van der Waals surface area contributed by atoms with E-state index in [0.717, 1.165) is 6.04 Å². The molecule has 1 aliphatic carbocycles. The van der Waals surface area contributed by atoms with Gasteiger partial charge in [-0.25, -0.2) is 0 Å². The summed E-state index contributed by atoms with van der Waals surface area (Å²) in [5, 5.41) is 3.75. The SMILES string of the molecule is CC1(C)CCC(NCCCCc2ccccc2)CC1. The Balaban J connectivity index is 1.53. The highest BCUT2D eigenvalue weighted by Gasteiger charge is 2.26. The number of benzene rings is 1. The van der Waals surface area contributed by atoms with Gasteiger partial charge >= 0.3 is 0 Å². The number of aryl methyl sites for hydroxylation is 1. The molecular weight excluding hydrogens is 230 g/mol. The molecule has 1 nitrogen and oxygen atoms in total. The Morgan fingerprint density at radius 3 is 2.42 bits per heavy atom. The summed E-state index contributed by atoms with van der Waals surface area (Å²) in [5.41, 5.74) is 2.06. The first-order valence-electron chi connectivity index (χ1n) is 7.93. The Labute approximate surface area is 118 Å². The van der Waals surface area contributed by atoms with Crippen LogP contribution < -0.4 is 5.32 Å². The van der Waals surface area contributed by atoms with E-state index in [9.17, 15) is 0 Å². The molecule has 1 aromatic carbocycles. The molecule has 0 atom stereocenters. The molecule has 0 aliphatic heterocycles. The van der Waals surface area contributed by atoms with Crippen molar-refractivity contribution in [1.82, 2.24) is 5.32 Å². The molecule has 0 radical (unpaired) electrons. The first kappa shape index (κ1) is 14.6. The second-order valence-electron chi connectivity index (χ2n) is 6.84. The standard InChI is InChI=1S/C18H29N/c1-18(2)13-11-17(12-14-18)19-15-7-6-10-16-8-4-3-5-9-16/h3-5,8-9,17,19H,6-7,10-15H2,1-2H3. The van der Waals surface area contributed by atoms with Gasteiger partial charge in [0.05, 0.1) is 0 Å². The number of hydrogen-bond acceptors (Lipinski definition) is 1. The fourth-order valence-electron chi connectivity index (χ4n) is 3.01. The van der Waals surface area contributed by atoms with Crippen LogP contribution in [0.3, 0.4) is 0 Å². The van der Waals surface area contributed by atoms with E-state index in [4.69, 9.17) is 0 Å². The molecule has 1 aromatic rings. The first-order chi connectivity index (χ1) is 9.16. The molecule has 0 unspecified atom stereocenters.